The summed E-state index contributed by atoms with van der Waals surface area (Å²) in [5, 5.41) is 0. The van der Waals surface area contributed by atoms with Crippen molar-refractivity contribution in [2.75, 3.05) is 7.11 Å². The van der Waals surface area contributed by atoms with Gasteiger partial charge in [-0.25, -0.2) is 0 Å². The van der Waals surface area contributed by atoms with Gasteiger partial charge in [-0.3, -0.25) is 4.79 Å². The van der Waals surface area contributed by atoms with Crippen LogP contribution in [0.25, 0.3) is 0 Å². The third-order valence-electron chi connectivity index (χ3n) is 2.32. The average Bonchev–Trinajstić information content (AvgIpc) is 2.18. The zero-order chi connectivity index (χ0) is 10.6. The van der Waals surface area contributed by atoms with Gasteiger partial charge >= 0.3 is 0 Å². The number of ether oxygens (including phenoxy) is 1. The summed E-state index contributed by atoms with van der Waals surface area (Å²) in [5.74, 6) is 0.150. The van der Waals surface area contributed by atoms with Crippen LogP contribution >= 0.6 is 0 Å². The molecule has 0 aliphatic carbocycles. The zero-order valence-electron chi connectivity index (χ0n) is 8.91. The molecule has 0 fully saturated rings. The van der Waals surface area contributed by atoms with Gasteiger partial charge in [0.1, 0.15) is 0 Å². The molecular weight excluding hydrogens is 176 g/mol. The monoisotopic (exact) mass is 192 g/mol. The molecule has 14 heavy (non-hydrogen) atoms. The third kappa shape index (κ3) is 2.67. The summed E-state index contributed by atoms with van der Waals surface area (Å²) in [6.45, 7) is 3.85. The SMILES string of the molecule is COC(C)CC(=O)c1ccccc1C. The summed E-state index contributed by atoms with van der Waals surface area (Å²) >= 11 is 0. The molecule has 1 atom stereocenters. The van der Waals surface area contributed by atoms with Crippen LogP contribution in [0.4, 0.5) is 0 Å². The molecule has 0 aromatic heterocycles. The highest BCUT2D eigenvalue weighted by Crippen LogP contribution is 2.11. The number of hydrogen-bond acceptors (Lipinski definition) is 2. The molecule has 0 saturated heterocycles. The van der Waals surface area contributed by atoms with Crippen LogP contribution in [0.15, 0.2) is 24.3 Å². The predicted octanol–water partition coefficient (Wildman–Crippen LogP) is 2.60. The first-order valence-corrected chi connectivity index (χ1v) is 4.76. The Morgan fingerprint density at radius 2 is 2.07 bits per heavy atom. The number of hydrogen-bond donors (Lipinski definition) is 0. The second-order valence-corrected chi connectivity index (χ2v) is 3.49. The summed E-state index contributed by atoms with van der Waals surface area (Å²) in [6, 6.07) is 7.63. The van der Waals surface area contributed by atoms with E-state index in [0.717, 1.165) is 11.1 Å². The molecule has 76 valence electrons. The van der Waals surface area contributed by atoms with Gasteiger partial charge < -0.3 is 4.74 Å². The lowest BCUT2D eigenvalue weighted by Crippen LogP contribution is -2.13. The van der Waals surface area contributed by atoms with Crippen molar-refractivity contribution in [2.24, 2.45) is 0 Å². The van der Waals surface area contributed by atoms with E-state index in [0.29, 0.717) is 6.42 Å². The number of carbonyl (C=O) groups is 1. The molecule has 0 heterocycles. The van der Waals surface area contributed by atoms with Crippen LogP contribution in [0.3, 0.4) is 0 Å². The van der Waals surface area contributed by atoms with Crippen molar-refractivity contribution >= 4 is 5.78 Å². The first-order valence-electron chi connectivity index (χ1n) is 4.76. The molecular formula is C12H16O2. The Bertz CT molecular complexity index is 318. The number of carbonyl (C=O) groups excluding carboxylic acids is 1. The lowest BCUT2D eigenvalue weighted by atomic mass is 10.0. The second kappa shape index (κ2) is 4.91. The molecule has 1 aromatic carbocycles. The topological polar surface area (TPSA) is 26.3 Å². The molecule has 2 heteroatoms. The Balaban J connectivity index is 2.75. The molecule has 0 bridgehead atoms. The van der Waals surface area contributed by atoms with Gasteiger partial charge in [-0.15, -0.1) is 0 Å². The molecule has 0 radical (unpaired) electrons. The van der Waals surface area contributed by atoms with Gasteiger partial charge in [0, 0.05) is 19.1 Å². The summed E-state index contributed by atoms with van der Waals surface area (Å²) < 4.78 is 5.06. The molecule has 2 nitrogen and oxygen atoms in total. The molecule has 1 rings (SSSR count). The fraction of sp³-hybridized carbons (Fsp3) is 0.417. The number of Topliss-reactive ketones (excluding diaryl/α,β-unsaturated/α-hetero) is 1. The van der Waals surface area contributed by atoms with Crippen LogP contribution in [0.2, 0.25) is 0 Å². The number of ketones is 1. The smallest absolute Gasteiger partial charge is 0.165 e. The Labute approximate surface area is 84.9 Å². The van der Waals surface area contributed by atoms with Gasteiger partial charge in [-0.1, -0.05) is 24.3 Å². The van der Waals surface area contributed by atoms with Crippen LogP contribution in [0, 0.1) is 6.92 Å². The highest BCUT2D eigenvalue weighted by atomic mass is 16.5. The summed E-state index contributed by atoms with van der Waals surface area (Å²) in [5.41, 5.74) is 1.83. The van der Waals surface area contributed by atoms with Crippen LogP contribution < -0.4 is 0 Å². The maximum atomic E-state index is 11.8. The van der Waals surface area contributed by atoms with Gasteiger partial charge in [0.15, 0.2) is 5.78 Å². The quantitative estimate of drug-likeness (QED) is 0.685. The van der Waals surface area contributed by atoms with Crippen molar-refractivity contribution < 1.29 is 9.53 Å². The Morgan fingerprint density at radius 3 is 2.64 bits per heavy atom. The number of aryl methyl sites for hydroxylation is 1. The van der Waals surface area contributed by atoms with E-state index < -0.39 is 0 Å². The van der Waals surface area contributed by atoms with E-state index in [1.807, 2.05) is 38.1 Å². The van der Waals surface area contributed by atoms with Gasteiger partial charge in [0.05, 0.1) is 6.10 Å². The normalized spacial score (nSPS) is 12.5. The molecule has 1 unspecified atom stereocenters. The Kier molecular flexibility index (Phi) is 3.84. The fourth-order valence-electron chi connectivity index (χ4n) is 1.34. The number of methoxy groups -OCH3 is 1. The van der Waals surface area contributed by atoms with E-state index in [-0.39, 0.29) is 11.9 Å². The maximum Gasteiger partial charge on any atom is 0.165 e. The molecule has 1 aromatic rings. The van der Waals surface area contributed by atoms with Crippen molar-refractivity contribution in [3.63, 3.8) is 0 Å². The van der Waals surface area contributed by atoms with Gasteiger partial charge in [-0.05, 0) is 19.4 Å². The van der Waals surface area contributed by atoms with Gasteiger partial charge in [0.25, 0.3) is 0 Å². The van der Waals surface area contributed by atoms with Gasteiger partial charge in [-0.2, -0.15) is 0 Å². The Morgan fingerprint density at radius 1 is 1.43 bits per heavy atom. The number of rotatable bonds is 4. The standard InChI is InChI=1S/C12H16O2/c1-9-6-4-5-7-11(9)12(13)8-10(2)14-3/h4-7,10H,8H2,1-3H3. The minimum Gasteiger partial charge on any atom is -0.381 e. The predicted molar refractivity (Wildman–Crippen MR) is 56.6 cm³/mol. The average molecular weight is 192 g/mol. The van der Waals surface area contributed by atoms with Gasteiger partial charge in [0.2, 0.25) is 0 Å². The largest absolute Gasteiger partial charge is 0.381 e. The highest BCUT2D eigenvalue weighted by molar-refractivity contribution is 5.97. The van der Waals surface area contributed by atoms with E-state index in [9.17, 15) is 4.79 Å². The Hall–Kier alpha value is -1.15. The lowest BCUT2D eigenvalue weighted by molar-refractivity contribution is 0.0791. The van der Waals surface area contributed by atoms with Crippen molar-refractivity contribution in [3.8, 4) is 0 Å². The maximum absolute atomic E-state index is 11.8. The van der Waals surface area contributed by atoms with Crippen LogP contribution in [-0.2, 0) is 4.74 Å². The van der Waals surface area contributed by atoms with E-state index in [1.54, 1.807) is 7.11 Å². The fourth-order valence-corrected chi connectivity index (χ4v) is 1.34. The van der Waals surface area contributed by atoms with E-state index in [4.69, 9.17) is 4.74 Å². The summed E-state index contributed by atoms with van der Waals surface area (Å²) in [7, 11) is 1.62. The number of benzene rings is 1. The minimum atomic E-state index is -0.0119. The van der Waals surface area contributed by atoms with E-state index in [2.05, 4.69) is 0 Å². The van der Waals surface area contributed by atoms with Crippen LogP contribution in [-0.4, -0.2) is 19.0 Å². The molecule has 0 saturated carbocycles. The molecule has 0 aliphatic heterocycles. The molecule has 0 spiro atoms. The van der Waals surface area contributed by atoms with Crippen molar-refractivity contribution in [1.82, 2.24) is 0 Å². The zero-order valence-corrected chi connectivity index (χ0v) is 8.91. The highest BCUT2D eigenvalue weighted by Gasteiger charge is 2.11. The third-order valence-corrected chi connectivity index (χ3v) is 2.32. The van der Waals surface area contributed by atoms with E-state index >= 15 is 0 Å². The first-order chi connectivity index (χ1) is 6.65. The second-order valence-electron chi connectivity index (χ2n) is 3.49. The molecule has 0 aliphatic rings. The summed E-state index contributed by atoms with van der Waals surface area (Å²) in [4.78, 5) is 11.8. The lowest BCUT2D eigenvalue weighted by Gasteiger charge is -2.09. The summed E-state index contributed by atoms with van der Waals surface area (Å²) in [6.07, 6.45) is 0.434. The molecule has 0 N–H and O–H groups in total. The minimum absolute atomic E-state index is 0.0119. The molecule has 0 amide bonds. The van der Waals surface area contributed by atoms with Crippen molar-refractivity contribution in [3.05, 3.63) is 35.4 Å². The van der Waals surface area contributed by atoms with E-state index in [1.165, 1.54) is 0 Å². The van der Waals surface area contributed by atoms with Crippen LogP contribution in [0.5, 0.6) is 0 Å². The van der Waals surface area contributed by atoms with Crippen molar-refractivity contribution in [2.45, 2.75) is 26.4 Å². The van der Waals surface area contributed by atoms with Crippen molar-refractivity contribution in [1.29, 1.82) is 0 Å². The first kappa shape index (κ1) is 10.9. The van der Waals surface area contributed by atoms with Crippen LogP contribution in [0.1, 0.15) is 29.3 Å².